The van der Waals surface area contributed by atoms with Crippen LogP contribution < -0.4 is 0 Å². The minimum atomic E-state index is -0.719. The van der Waals surface area contributed by atoms with Crippen LogP contribution in [0.5, 0.6) is 0 Å². The van der Waals surface area contributed by atoms with Crippen LogP contribution >= 0.6 is 8.15 Å². The number of hydrogen-bond donors (Lipinski definition) is 1. The highest BCUT2D eigenvalue weighted by atomic mass is 31.1. The van der Waals surface area contributed by atoms with Gasteiger partial charge in [0.15, 0.2) is 0 Å². The molecule has 0 rings (SSSR count). The molecule has 0 aliphatic rings. The van der Waals surface area contributed by atoms with Crippen molar-refractivity contribution in [3.8, 4) is 0 Å². The molecule has 0 radical (unpaired) electrons. The van der Waals surface area contributed by atoms with E-state index in [4.69, 9.17) is 4.89 Å². The summed E-state index contributed by atoms with van der Waals surface area (Å²) in [5.41, 5.74) is 0. The second kappa shape index (κ2) is 3.32. The molecule has 0 amide bonds. The van der Waals surface area contributed by atoms with Crippen LogP contribution in [0, 0.1) is 0 Å². The third kappa shape index (κ3) is 4.13. The van der Waals surface area contributed by atoms with Gasteiger partial charge in [0.1, 0.15) is 0 Å². The third-order valence-corrected chi connectivity index (χ3v) is 1.18. The van der Waals surface area contributed by atoms with Crippen LogP contribution in [-0.2, 0) is 0 Å². The van der Waals surface area contributed by atoms with Crippen LogP contribution in [0.25, 0.3) is 0 Å². The average molecular weight is 104 g/mol. The third-order valence-electron chi connectivity index (χ3n) is 0.393. The van der Waals surface area contributed by atoms with E-state index in [1.165, 1.54) is 0 Å². The Morgan fingerprint density at radius 1 is 2.00 bits per heavy atom. The molecule has 0 bridgehead atoms. The minimum absolute atomic E-state index is 0.719. The Hall–Kier alpha value is 0.130. The van der Waals surface area contributed by atoms with Gasteiger partial charge in [0.25, 0.3) is 0 Å². The number of hydrogen-bond acceptors (Lipinski definition) is 1. The Bertz CT molecular complexity index is 42.8. The predicted octanol–water partition coefficient (Wildman–Crippen LogP) is 1.19. The lowest BCUT2D eigenvalue weighted by Gasteiger charge is -1.92. The van der Waals surface area contributed by atoms with Crippen molar-refractivity contribution < 1.29 is 4.89 Å². The highest BCUT2D eigenvalue weighted by Gasteiger charge is 1.84. The first-order chi connectivity index (χ1) is 2.77. The van der Waals surface area contributed by atoms with Gasteiger partial charge in [0.2, 0.25) is 0 Å². The maximum atomic E-state index is 8.55. The zero-order valence-corrected chi connectivity index (χ0v) is 4.78. The maximum absolute atomic E-state index is 8.55. The molecular formula is C4H9OP. The van der Waals surface area contributed by atoms with Gasteiger partial charge >= 0.3 is 0 Å². The van der Waals surface area contributed by atoms with Crippen LogP contribution in [0.15, 0.2) is 12.7 Å². The Morgan fingerprint density at radius 2 is 2.50 bits per heavy atom. The van der Waals surface area contributed by atoms with Gasteiger partial charge < -0.3 is 4.89 Å². The van der Waals surface area contributed by atoms with E-state index in [1.54, 1.807) is 12.7 Å². The Kier molecular flexibility index (Phi) is 3.40. The van der Waals surface area contributed by atoms with E-state index in [1.807, 2.05) is 0 Å². The maximum Gasteiger partial charge on any atom is 0.0258 e. The quantitative estimate of drug-likeness (QED) is 0.412. The van der Waals surface area contributed by atoms with Crippen molar-refractivity contribution in [2.24, 2.45) is 0 Å². The molecule has 0 fully saturated rings. The fourth-order valence-corrected chi connectivity index (χ4v) is 0.561. The van der Waals surface area contributed by atoms with E-state index in [-0.39, 0.29) is 0 Å². The van der Waals surface area contributed by atoms with Gasteiger partial charge in [-0.1, -0.05) is 6.08 Å². The fourth-order valence-electron chi connectivity index (χ4n) is 0.187. The smallest absolute Gasteiger partial charge is 0.0258 e. The molecule has 1 unspecified atom stereocenters. The van der Waals surface area contributed by atoms with Gasteiger partial charge in [-0.3, -0.25) is 0 Å². The number of rotatable bonds is 2. The van der Waals surface area contributed by atoms with Crippen LogP contribution in [0.2, 0.25) is 0 Å². The standard InChI is InChI=1S/C4H9OP/c1-3-4-6(2)5/h3,5H,1,4H2,2H3. The summed E-state index contributed by atoms with van der Waals surface area (Å²) in [5, 5.41) is 0. The molecule has 1 N–H and O–H groups in total. The molecule has 1 atom stereocenters. The van der Waals surface area contributed by atoms with Crippen molar-refractivity contribution in [2.75, 3.05) is 12.8 Å². The molecule has 0 saturated carbocycles. The van der Waals surface area contributed by atoms with Crippen molar-refractivity contribution in [3.05, 3.63) is 12.7 Å². The molecule has 1 nitrogen and oxygen atoms in total. The first-order valence-corrected chi connectivity index (χ1v) is 3.71. The Morgan fingerprint density at radius 3 is 2.50 bits per heavy atom. The summed E-state index contributed by atoms with van der Waals surface area (Å²) < 4.78 is 0. The molecule has 0 aliphatic heterocycles. The summed E-state index contributed by atoms with van der Waals surface area (Å²) in [6, 6.07) is 0. The highest BCUT2D eigenvalue weighted by molar-refractivity contribution is 7.50. The van der Waals surface area contributed by atoms with Crippen molar-refractivity contribution >= 4 is 8.15 Å². The van der Waals surface area contributed by atoms with E-state index < -0.39 is 8.15 Å². The molecule has 6 heavy (non-hydrogen) atoms. The van der Waals surface area contributed by atoms with Crippen molar-refractivity contribution in [1.82, 2.24) is 0 Å². The second-order valence-electron chi connectivity index (χ2n) is 1.13. The summed E-state index contributed by atoms with van der Waals surface area (Å²) >= 11 is 0. The zero-order valence-electron chi connectivity index (χ0n) is 3.89. The molecule has 0 aromatic rings. The Balaban J connectivity index is 2.81. The van der Waals surface area contributed by atoms with Crippen molar-refractivity contribution in [3.63, 3.8) is 0 Å². The van der Waals surface area contributed by atoms with Gasteiger partial charge in [0.05, 0.1) is 0 Å². The van der Waals surface area contributed by atoms with Crippen molar-refractivity contribution in [1.29, 1.82) is 0 Å². The number of allylic oxidation sites excluding steroid dienone is 1. The summed E-state index contributed by atoms with van der Waals surface area (Å²) in [4.78, 5) is 8.55. The molecule has 0 spiro atoms. The summed E-state index contributed by atoms with van der Waals surface area (Å²) in [6.07, 6.45) is 2.49. The minimum Gasteiger partial charge on any atom is -0.374 e. The molecule has 2 heteroatoms. The van der Waals surface area contributed by atoms with E-state index in [2.05, 4.69) is 6.58 Å². The lowest BCUT2D eigenvalue weighted by atomic mass is 10.8. The molecule has 36 valence electrons. The monoisotopic (exact) mass is 104 g/mol. The highest BCUT2D eigenvalue weighted by Crippen LogP contribution is 2.21. The van der Waals surface area contributed by atoms with E-state index in [0.717, 1.165) is 6.16 Å². The molecule has 0 aliphatic carbocycles. The summed E-state index contributed by atoms with van der Waals surface area (Å²) in [7, 11) is -0.719. The van der Waals surface area contributed by atoms with Gasteiger partial charge in [0, 0.05) is 14.3 Å². The second-order valence-corrected chi connectivity index (χ2v) is 2.81. The van der Waals surface area contributed by atoms with Gasteiger partial charge in [-0.05, 0) is 6.66 Å². The molecule has 0 aromatic carbocycles. The summed E-state index contributed by atoms with van der Waals surface area (Å²) in [5.74, 6) is 0. The van der Waals surface area contributed by atoms with Gasteiger partial charge in [-0.2, -0.15) is 0 Å². The van der Waals surface area contributed by atoms with Gasteiger partial charge in [-0.15, -0.1) is 6.58 Å². The van der Waals surface area contributed by atoms with Crippen molar-refractivity contribution in [2.45, 2.75) is 0 Å². The normalized spacial score (nSPS) is 13.7. The average Bonchev–Trinajstić information content (AvgIpc) is 1.35. The lowest BCUT2D eigenvalue weighted by molar-refractivity contribution is 0.633. The molecule has 0 aromatic heterocycles. The fraction of sp³-hybridized carbons (Fsp3) is 0.500. The first kappa shape index (κ1) is 6.13. The summed E-state index contributed by atoms with van der Waals surface area (Å²) in [6.45, 7) is 5.26. The van der Waals surface area contributed by atoms with E-state index >= 15 is 0 Å². The van der Waals surface area contributed by atoms with E-state index in [9.17, 15) is 0 Å². The SMILES string of the molecule is C=CCP(C)O. The Labute approximate surface area is 39.5 Å². The first-order valence-electron chi connectivity index (χ1n) is 1.78. The molecule has 0 heterocycles. The van der Waals surface area contributed by atoms with Crippen LogP contribution in [-0.4, -0.2) is 17.7 Å². The molecule has 0 saturated heterocycles. The zero-order chi connectivity index (χ0) is 4.99. The van der Waals surface area contributed by atoms with Gasteiger partial charge in [-0.25, -0.2) is 0 Å². The largest absolute Gasteiger partial charge is 0.374 e. The van der Waals surface area contributed by atoms with Crippen LogP contribution in [0.4, 0.5) is 0 Å². The topological polar surface area (TPSA) is 20.2 Å². The predicted molar refractivity (Wildman–Crippen MR) is 30.1 cm³/mol. The van der Waals surface area contributed by atoms with E-state index in [0.29, 0.717) is 0 Å². The lowest BCUT2D eigenvalue weighted by Crippen LogP contribution is -1.69. The molecular weight excluding hydrogens is 95.0 g/mol. The van der Waals surface area contributed by atoms with Crippen LogP contribution in [0.3, 0.4) is 0 Å². The van der Waals surface area contributed by atoms with Crippen LogP contribution in [0.1, 0.15) is 0 Å².